The van der Waals surface area contributed by atoms with Gasteiger partial charge in [-0.2, -0.15) is 5.23 Å². The third-order valence-corrected chi connectivity index (χ3v) is 4.44. The number of imidazole rings is 1. The standard InChI is InChI=1S/C16H11Cl2N5O2/c17-9-3-1-4-10(18)14(9)21-16-13-7-19-8-22(13)15-11(20-16)5-2-6-12(15)23(24)25/h1-8,23-24H,(H,20,21). The van der Waals surface area contributed by atoms with Gasteiger partial charge in [-0.15, -0.1) is 0 Å². The van der Waals surface area contributed by atoms with Crippen LogP contribution in [0.15, 0.2) is 48.9 Å². The molecule has 2 aromatic carbocycles. The van der Waals surface area contributed by atoms with Crippen molar-refractivity contribution in [1.82, 2.24) is 14.4 Å². The number of rotatable bonds is 3. The summed E-state index contributed by atoms with van der Waals surface area (Å²) in [6, 6.07) is 10.1. The summed E-state index contributed by atoms with van der Waals surface area (Å²) in [7, 11) is 0. The Morgan fingerprint density at radius 1 is 1.12 bits per heavy atom. The van der Waals surface area contributed by atoms with E-state index in [0.29, 0.717) is 38.1 Å². The first-order valence-corrected chi connectivity index (χ1v) is 8.01. The van der Waals surface area contributed by atoms with Crippen LogP contribution >= 0.6 is 23.2 Å². The number of anilines is 2. The van der Waals surface area contributed by atoms with E-state index in [0.717, 1.165) is 0 Å². The number of hydrogen-bond acceptors (Lipinski definition) is 5. The first-order valence-electron chi connectivity index (χ1n) is 7.25. The second kappa shape index (κ2) is 6.14. The zero-order valence-electron chi connectivity index (χ0n) is 12.6. The highest BCUT2D eigenvalue weighted by atomic mass is 35.5. The highest BCUT2D eigenvalue weighted by molar-refractivity contribution is 6.39. The topological polar surface area (TPSA) is 90.0 Å². The van der Waals surface area contributed by atoms with Crippen LogP contribution in [-0.2, 0) is 0 Å². The molecule has 4 rings (SSSR count). The zero-order chi connectivity index (χ0) is 17.6. The highest BCUT2D eigenvalue weighted by Crippen LogP contribution is 2.34. The summed E-state index contributed by atoms with van der Waals surface area (Å²) in [6.45, 7) is 0. The number of quaternary nitrogens is 1. The molecule has 0 saturated carbocycles. The van der Waals surface area contributed by atoms with Gasteiger partial charge in [-0.25, -0.2) is 15.2 Å². The SMILES string of the molecule is [O-][NH+](O)c1cccc2nc(Nc3c(Cl)cccc3Cl)c3cncn3c12. The molecule has 0 saturated heterocycles. The summed E-state index contributed by atoms with van der Waals surface area (Å²) in [4.78, 5) is 8.67. The lowest BCUT2D eigenvalue weighted by Crippen LogP contribution is -2.99. The molecule has 2 aromatic heterocycles. The van der Waals surface area contributed by atoms with Gasteiger partial charge in [-0.3, -0.25) is 4.40 Å². The smallest absolute Gasteiger partial charge is 0.190 e. The van der Waals surface area contributed by atoms with Crippen LogP contribution in [0.5, 0.6) is 0 Å². The molecule has 0 fully saturated rings. The molecule has 0 aliphatic heterocycles. The average molecular weight is 376 g/mol. The lowest BCUT2D eigenvalue weighted by atomic mass is 10.2. The predicted octanol–water partition coefficient (Wildman–Crippen LogP) is 3.34. The van der Waals surface area contributed by atoms with Crippen molar-refractivity contribution in [3.05, 3.63) is 64.2 Å². The maximum Gasteiger partial charge on any atom is 0.190 e. The van der Waals surface area contributed by atoms with Crippen LogP contribution in [0.1, 0.15) is 0 Å². The van der Waals surface area contributed by atoms with E-state index in [1.165, 1.54) is 6.07 Å². The Morgan fingerprint density at radius 3 is 2.56 bits per heavy atom. The van der Waals surface area contributed by atoms with Crippen molar-refractivity contribution < 1.29 is 10.4 Å². The number of nitrogens with one attached hydrogen (secondary N) is 2. The molecule has 0 radical (unpaired) electrons. The fraction of sp³-hybridized carbons (Fsp3) is 0. The summed E-state index contributed by atoms with van der Waals surface area (Å²) in [5, 5.41) is 24.0. The minimum Gasteiger partial charge on any atom is -0.595 e. The molecule has 2 heterocycles. The third-order valence-electron chi connectivity index (χ3n) is 3.81. The monoisotopic (exact) mass is 375 g/mol. The van der Waals surface area contributed by atoms with Crippen LogP contribution in [0, 0.1) is 5.21 Å². The van der Waals surface area contributed by atoms with Gasteiger partial charge in [0.1, 0.15) is 17.4 Å². The minimum atomic E-state index is -1.03. The summed E-state index contributed by atoms with van der Waals surface area (Å²) >= 11 is 12.4. The van der Waals surface area contributed by atoms with Gasteiger partial charge in [-0.05, 0) is 18.2 Å². The summed E-state index contributed by atoms with van der Waals surface area (Å²) < 4.78 is 1.68. The quantitative estimate of drug-likeness (QED) is 0.477. The van der Waals surface area contributed by atoms with E-state index in [1.807, 2.05) is 0 Å². The summed E-state index contributed by atoms with van der Waals surface area (Å²) in [5.74, 6) is 0.475. The van der Waals surface area contributed by atoms with Gasteiger partial charge in [-0.1, -0.05) is 35.3 Å². The Labute approximate surface area is 151 Å². The van der Waals surface area contributed by atoms with Gasteiger partial charge in [0.15, 0.2) is 11.5 Å². The maximum absolute atomic E-state index is 11.5. The van der Waals surface area contributed by atoms with Gasteiger partial charge in [0.05, 0.1) is 27.4 Å². The molecule has 1 unspecified atom stereocenters. The van der Waals surface area contributed by atoms with Crippen molar-refractivity contribution in [3.8, 4) is 0 Å². The van der Waals surface area contributed by atoms with E-state index >= 15 is 0 Å². The predicted molar refractivity (Wildman–Crippen MR) is 96.0 cm³/mol. The molecule has 0 aliphatic rings. The van der Waals surface area contributed by atoms with Crippen molar-refractivity contribution in [2.75, 3.05) is 5.32 Å². The molecule has 1 atom stereocenters. The lowest BCUT2D eigenvalue weighted by Gasteiger charge is -2.16. The Bertz CT molecular complexity index is 1080. The highest BCUT2D eigenvalue weighted by Gasteiger charge is 2.16. The first kappa shape index (κ1) is 16.1. The number of hydrogen-bond donors (Lipinski definition) is 3. The van der Waals surface area contributed by atoms with Crippen LogP contribution in [0.4, 0.5) is 17.2 Å². The molecule has 4 aromatic rings. The molecule has 0 spiro atoms. The molecule has 9 heteroatoms. The number of para-hydroxylation sites is 2. The molecular weight excluding hydrogens is 365 g/mol. The third kappa shape index (κ3) is 2.68. The molecule has 0 amide bonds. The van der Waals surface area contributed by atoms with Crippen LogP contribution < -0.4 is 10.5 Å². The van der Waals surface area contributed by atoms with Gasteiger partial charge >= 0.3 is 0 Å². The molecular formula is C16H11Cl2N5O2. The molecule has 7 nitrogen and oxygen atoms in total. The lowest BCUT2D eigenvalue weighted by molar-refractivity contribution is -0.990. The first-order chi connectivity index (χ1) is 12.1. The fourth-order valence-corrected chi connectivity index (χ4v) is 3.19. The van der Waals surface area contributed by atoms with E-state index in [4.69, 9.17) is 23.2 Å². The van der Waals surface area contributed by atoms with Crippen molar-refractivity contribution in [1.29, 1.82) is 0 Å². The molecule has 3 N–H and O–H groups in total. The van der Waals surface area contributed by atoms with Crippen molar-refractivity contribution in [3.63, 3.8) is 0 Å². The van der Waals surface area contributed by atoms with Crippen molar-refractivity contribution >= 4 is 56.9 Å². The Balaban J connectivity index is 1.98. The summed E-state index contributed by atoms with van der Waals surface area (Å²) in [5.41, 5.74) is 2.26. The number of aromatic nitrogens is 3. The number of nitrogens with zero attached hydrogens (tertiary/aromatic N) is 3. The number of benzene rings is 2. The molecule has 25 heavy (non-hydrogen) atoms. The van der Waals surface area contributed by atoms with Crippen LogP contribution in [0.3, 0.4) is 0 Å². The Kier molecular flexibility index (Phi) is 3.95. The van der Waals surface area contributed by atoms with Crippen molar-refractivity contribution in [2.24, 2.45) is 0 Å². The molecule has 0 bridgehead atoms. The maximum atomic E-state index is 11.5. The second-order valence-electron chi connectivity index (χ2n) is 5.31. The average Bonchev–Trinajstić information content (AvgIpc) is 3.07. The second-order valence-corrected chi connectivity index (χ2v) is 6.12. The normalized spacial score (nSPS) is 12.6. The zero-order valence-corrected chi connectivity index (χ0v) is 14.1. The van der Waals surface area contributed by atoms with Gasteiger partial charge in [0.2, 0.25) is 0 Å². The van der Waals surface area contributed by atoms with Gasteiger partial charge in [0.25, 0.3) is 0 Å². The van der Waals surface area contributed by atoms with Crippen LogP contribution in [-0.4, -0.2) is 19.6 Å². The van der Waals surface area contributed by atoms with E-state index in [1.54, 1.807) is 47.3 Å². The van der Waals surface area contributed by atoms with E-state index in [-0.39, 0.29) is 5.69 Å². The number of halogens is 2. The molecule has 0 aliphatic carbocycles. The van der Waals surface area contributed by atoms with Gasteiger partial charge in [0, 0.05) is 6.07 Å². The Hall–Kier alpha value is -2.42. The summed E-state index contributed by atoms with van der Waals surface area (Å²) in [6.07, 6.45) is 3.14. The number of fused-ring (bicyclic) bond motifs is 3. The fourth-order valence-electron chi connectivity index (χ4n) is 2.70. The largest absolute Gasteiger partial charge is 0.595 e. The Morgan fingerprint density at radius 2 is 1.84 bits per heavy atom. The van der Waals surface area contributed by atoms with Crippen LogP contribution in [0.25, 0.3) is 16.6 Å². The van der Waals surface area contributed by atoms with Crippen LogP contribution in [0.2, 0.25) is 10.0 Å². The minimum absolute atomic E-state index is 0.148. The van der Waals surface area contributed by atoms with E-state index in [2.05, 4.69) is 15.3 Å². The van der Waals surface area contributed by atoms with Crippen molar-refractivity contribution in [2.45, 2.75) is 0 Å². The van der Waals surface area contributed by atoms with E-state index < -0.39 is 5.23 Å². The van der Waals surface area contributed by atoms with Gasteiger partial charge < -0.3 is 10.5 Å². The molecule has 126 valence electrons. The van der Waals surface area contributed by atoms with E-state index in [9.17, 15) is 10.4 Å².